The molecule has 8 heterocycles. The van der Waals surface area contributed by atoms with Crippen LogP contribution in [0.5, 0.6) is 0 Å². The van der Waals surface area contributed by atoms with Crippen LogP contribution in [0.15, 0.2) is 87.4 Å². The van der Waals surface area contributed by atoms with Gasteiger partial charge in [-0.25, -0.2) is 23.1 Å². The molecule has 0 radical (unpaired) electrons. The SMILES string of the molecule is C[C@H]1c2c(nn(-c3ccc(F)c(C4CC4)c3)c2-n2ccn(-c3ccc4c(cnn4C)c3F)c2=O)CCN1C(O)c1cc2cc([C@@H]3CCOC(C)(C)C3)ccn2c1C1(c2noc(=O)[nH]2)CC1. The lowest BCUT2D eigenvalue weighted by molar-refractivity contribution is -0.0593. The number of hydrogen-bond acceptors (Lipinski definition) is 9. The molecule has 4 aliphatic rings. The quantitative estimate of drug-likeness (QED) is 0.154. The Kier molecular flexibility index (Phi) is 8.81. The number of halogens is 2. The Morgan fingerprint density at radius 3 is 2.54 bits per heavy atom. The second-order valence-electron chi connectivity index (χ2n) is 19.1. The topological polar surface area (TPSA) is 159 Å². The zero-order chi connectivity index (χ0) is 44.7. The number of pyridine rings is 1. The van der Waals surface area contributed by atoms with E-state index in [9.17, 15) is 14.7 Å². The highest BCUT2D eigenvalue weighted by molar-refractivity contribution is 5.81. The normalized spacial score (nSPS) is 21.0. The molecule has 3 atom stereocenters. The molecule has 3 fully saturated rings. The number of nitrogens with zero attached hydrogens (tertiary/aromatic N) is 9. The molecule has 0 spiro atoms. The molecule has 2 saturated carbocycles. The minimum absolute atomic E-state index is 0.0662. The Morgan fingerprint density at radius 1 is 0.969 bits per heavy atom. The molecule has 2 aromatic carbocycles. The van der Waals surface area contributed by atoms with Crippen LogP contribution in [0.3, 0.4) is 0 Å². The highest BCUT2D eigenvalue weighted by atomic mass is 19.1. The number of ether oxygens (including phenoxy) is 1. The van der Waals surface area contributed by atoms with E-state index >= 15 is 8.78 Å². The van der Waals surface area contributed by atoms with Crippen molar-refractivity contribution in [2.24, 2.45) is 7.05 Å². The van der Waals surface area contributed by atoms with Crippen LogP contribution in [-0.2, 0) is 23.6 Å². The fourth-order valence-corrected chi connectivity index (χ4v) is 10.9. The second-order valence-corrected chi connectivity index (χ2v) is 19.1. The zero-order valence-electron chi connectivity index (χ0n) is 36.5. The van der Waals surface area contributed by atoms with Crippen LogP contribution in [0.1, 0.15) is 123 Å². The molecule has 6 aromatic heterocycles. The highest BCUT2D eigenvalue weighted by Crippen LogP contribution is 2.55. The smallest absolute Gasteiger partial charge is 0.376 e. The number of H-pyrrole nitrogens is 1. The van der Waals surface area contributed by atoms with Crippen molar-refractivity contribution in [1.82, 2.24) is 48.1 Å². The zero-order valence-corrected chi connectivity index (χ0v) is 36.5. The molecular weight excluding hydrogens is 835 g/mol. The van der Waals surface area contributed by atoms with E-state index in [1.807, 2.05) is 24.0 Å². The number of aromatic amines is 1. The minimum atomic E-state index is -1.15. The monoisotopic (exact) mass is 882 g/mol. The molecule has 17 heteroatoms. The van der Waals surface area contributed by atoms with Crippen LogP contribution in [0.4, 0.5) is 8.78 Å². The van der Waals surface area contributed by atoms with Crippen molar-refractivity contribution in [2.45, 2.75) is 101 Å². The third-order valence-electron chi connectivity index (χ3n) is 14.5. The molecule has 1 saturated heterocycles. The van der Waals surface area contributed by atoms with E-state index in [4.69, 9.17) is 14.4 Å². The van der Waals surface area contributed by atoms with Crippen molar-refractivity contribution in [3.63, 3.8) is 0 Å². The number of imidazole rings is 1. The first kappa shape index (κ1) is 40.1. The van der Waals surface area contributed by atoms with E-state index in [0.717, 1.165) is 42.6 Å². The molecule has 2 aliphatic carbocycles. The molecular formula is C48H48F2N10O5. The second kappa shape index (κ2) is 14.3. The number of rotatable bonds is 9. The lowest BCUT2D eigenvalue weighted by Gasteiger charge is -2.37. The number of hydrogen-bond donors (Lipinski definition) is 2. The van der Waals surface area contributed by atoms with Gasteiger partial charge in [-0.3, -0.25) is 28.2 Å². The summed E-state index contributed by atoms with van der Waals surface area (Å²) in [5.74, 6) is -0.282. The summed E-state index contributed by atoms with van der Waals surface area (Å²) in [7, 11) is 1.73. The van der Waals surface area contributed by atoms with Gasteiger partial charge in [0.25, 0.3) is 0 Å². The first-order valence-corrected chi connectivity index (χ1v) is 22.4. The summed E-state index contributed by atoms with van der Waals surface area (Å²) in [5, 5.41) is 26.7. The standard InChI is InChI=1S/C48H48F2N10O5/c1-26-39-36(53-60(30-7-8-35(49)32(22-30)27-5-6-27)42(39)59-19-18-58(46(59)63)38-10-9-37-34(40(38)50)25-51-55(37)4)12-17-56(26)43(61)33-23-31-21-28(29-13-20-64-47(2,3)24-29)11-16-57(31)41(33)48(14-15-48)44-52-45(62)65-54-44/h7-11,16,18-19,21-23,25-27,29,43,61H,5-6,12-15,17,20,24H2,1-4H3,(H,52,54,62)/t26-,29+,43?/m0/s1. The Hall–Kier alpha value is -6.43. The maximum atomic E-state index is 16.2. The summed E-state index contributed by atoms with van der Waals surface area (Å²) in [6.45, 7) is 7.31. The molecule has 0 amide bonds. The van der Waals surface area contributed by atoms with Crippen LogP contribution >= 0.6 is 0 Å². The van der Waals surface area contributed by atoms with Gasteiger partial charge in [0.2, 0.25) is 0 Å². The van der Waals surface area contributed by atoms with E-state index in [1.165, 1.54) is 33.2 Å². The van der Waals surface area contributed by atoms with Crippen molar-refractivity contribution in [1.29, 1.82) is 0 Å². The predicted octanol–water partition coefficient (Wildman–Crippen LogP) is 7.15. The molecule has 334 valence electrons. The van der Waals surface area contributed by atoms with Crippen LogP contribution in [0, 0.1) is 11.6 Å². The van der Waals surface area contributed by atoms with Gasteiger partial charge in [0, 0.05) is 73.6 Å². The summed E-state index contributed by atoms with van der Waals surface area (Å²) < 4.78 is 50.6. The Bertz CT molecular complexity index is 3340. The molecule has 65 heavy (non-hydrogen) atoms. The summed E-state index contributed by atoms with van der Waals surface area (Å²) in [6.07, 6.45) is 10.8. The van der Waals surface area contributed by atoms with Gasteiger partial charge in [0.15, 0.2) is 11.6 Å². The third-order valence-corrected chi connectivity index (χ3v) is 14.5. The van der Waals surface area contributed by atoms with Crippen LogP contribution in [-0.4, -0.2) is 72.0 Å². The van der Waals surface area contributed by atoms with E-state index in [2.05, 4.69) is 51.8 Å². The Morgan fingerprint density at radius 2 is 1.78 bits per heavy atom. The molecule has 2 N–H and O–H groups in total. The average Bonchev–Trinajstić information content (AvgIpc) is 4.03. The summed E-state index contributed by atoms with van der Waals surface area (Å²) in [4.78, 5) is 31.9. The van der Waals surface area contributed by atoms with E-state index in [0.29, 0.717) is 77.9 Å². The van der Waals surface area contributed by atoms with Gasteiger partial charge in [-0.2, -0.15) is 10.2 Å². The number of nitrogens with one attached hydrogen (secondary N) is 1. The first-order valence-electron chi connectivity index (χ1n) is 22.4. The number of aliphatic hydroxyl groups excluding tert-OH is 1. The van der Waals surface area contributed by atoms with E-state index < -0.39 is 34.9 Å². The number of aryl methyl sites for hydroxylation is 1. The van der Waals surface area contributed by atoms with Crippen molar-refractivity contribution in [3.05, 3.63) is 145 Å². The van der Waals surface area contributed by atoms with E-state index in [-0.39, 0.29) is 28.4 Å². The maximum Gasteiger partial charge on any atom is 0.438 e. The van der Waals surface area contributed by atoms with E-state index in [1.54, 1.807) is 40.8 Å². The summed E-state index contributed by atoms with van der Waals surface area (Å²) >= 11 is 0. The van der Waals surface area contributed by atoms with Crippen LogP contribution in [0.2, 0.25) is 0 Å². The van der Waals surface area contributed by atoms with Crippen molar-refractivity contribution in [3.8, 4) is 17.2 Å². The highest BCUT2D eigenvalue weighted by Gasteiger charge is 2.54. The number of aromatic nitrogens is 9. The Balaban J connectivity index is 0.993. The molecule has 8 aromatic rings. The lowest BCUT2D eigenvalue weighted by Crippen LogP contribution is -2.38. The van der Waals surface area contributed by atoms with Crippen molar-refractivity contribution < 1.29 is 23.1 Å². The van der Waals surface area contributed by atoms with Crippen molar-refractivity contribution in [2.75, 3.05) is 13.2 Å². The van der Waals surface area contributed by atoms with Crippen LogP contribution < -0.4 is 11.4 Å². The Labute approximate surface area is 370 Å². The van der Waals surface area contributed by atoms with Gasteiger partial charge in [-0.1, -0.05) is 5.16 Å². The van der Waals surface area contributed by atoms with Gasteiger partial charge < -0.3 is 14.2 Å². The van der Waals surface area contributed by atoms with Crippen LogP contribution in [0.25, 0.3) is 33.6 Å². The van der Waals surface area contributed by atoms with Gasteiger partial charge in [0.1, 0.15) is 17.9 Å². The van der Waals surface area contributed by atoms with Gasteiger partial charge >= 0.3 is 11.4 Å². The number of benzene rings is 2. The maximum absolute atomic E-state index is 16.2. The third kappa shape index (κ3) is 6.26. The summed E-state index contributed by atoms with van der Waals surface area (Å²) in [6, 6.07) is 14.1. The molecule has 1 unspecified atom stereocenters. The number of fused-ring (bicyclic) bond motifs is 3. The number of aliphatic hydroxyl groups is 1. The minimum Gasteiger partial charge on any atom is -0.376 e. The van der Waals surface area contributed by atoms with Gasteiger partial charge in [-0.15, -0.1) is 0 Å². The molecule has 15 nitrogen and oxygen atoms in total. The fourth-order valence-electron chi connectivity index (χ4n) is 10.9. The fraction of sp³-hybridized carbons (Fsp3) is 0.396. The molecule has 0 bridgehead atoms. The predicted molar refractivity (Wildman–Crippen MR) is 235 cm³/mol. The summed E-state index contributed by atoms with van der Waals surface area (Å²) in [5.41, 5.74) is 5.35. The lowest BCUT2D eigenvalue weighted by atomic mass is 9.84. The average molecular weight is 883 g/mol. The molecule has 12 rings (SSSR count). The first-order chi connectivity index (χ1) is 31.3. The van der Waals surface area contributed by atoms with Crippen molar-refractivity contribution >= 4 is 16.4 Å². The molecule has 2 aliphatic heterocycles. The largest absolute Gasteiger partial charge is 0.438 e. The van der Waals surface area contributed by atoms with Gasteiger partial charge in [-0.05, 0) is 131 Å². The van der Waals surface area contributed by atoms with Gasteiger partial charge in [0.05, 0.1) is 45.2 Å².